The largest absolute Gasteiger partial charge is 0.492 e. The van der Waals surface area contributed by atoms with Gasteiger partial charge in [0.15, 0.2) is 17.3 Å². The van der Waals surface area contributed by atoms with Crippen LogP contribution in [0.2, 0.25) is 0 Å². The fourth-order valence-electron chi connectivity index (χ4n) is 3.65. The number of aromatic nitrogens is 1. The Morgan fingerprint density at radius 2 is 2.16 bits per heavy atom. The number of nitrogens with two attached hydrogens (primary N) is 1. The number of halogens is 2. The van der Waals surface area contributed by atoms with Crippen LogP contribution in [-0.4, -0.2) is 37.1 Å². The van der Waals surface area contributed by atoms with Crippen LogP contribution in [0.25, 0.3) is 0 Å². The van der Waals surface area contributed by atoms with E-state index in [2.05, 4.69) is 11.9 Å². The van der Waals surface area contributed by atoms with Gasteiger partial charge in [-0.2, -0.15) is 0 Å². The molecule has 1 aromatic carbocycles. The third-order valence-electron chi connectivity index (χ3n) is 5.48. The van der Waals surface area contributed by atoms with Crippen LogP contribution in [0, 0.1) is 18.6 Å². The number of ether oxygens (including phenoxy) is 3. The van der Waals surface area contributed by atoms with Gasteiger partial charge in [-0.3, -0.25) is 9.98 Å². The van der Waals surface area contributed by atoms with Gasteiger partial charge in [0.05, 0.1) is 48.0 Å². The molecule has 1 saturated heterocycles. The molecule has 0 aliphatic carbocycles. The molecule has 2 aromatic rings. The highest BCUT2D eigenvalue weighted by atomic mass is 19.1. The van der Waals surface area contributed by atoms with Crippen molar-refractivity contribution >= 4 is 11.9 Å². The molecule has 31 heavy (non-hydrogen) atoms. The van der Waals surface area contributed by atoms with Gasteiger partial charge >= 0.3 is 0 Å². The van der Waals surface area contributed by atoms with E-state index in [4.69, 9.17) is 24.9 Å². The zero-order valence-corrected chi connectivity index (χ0v) is 18.2. The van der Waals surface area contributed by atoms with Crippen LogP contribution in [0.5, 0.6) is 11.5 Å². The van der Waals surface area contributed by atoms with E-state index in [1.807, 2.05) is 6.92 Å². The SMILES string of the molecule is CCC(N=Cc1c(C)ncc(OCc2c(F)ccc(N)c2F)c1OC)C1CCCCO1. The Balaban J connectivity index is 1.84. The number of methoxy groups -OCH3 is 1. The molecule has 1 aliphatic rings. The number of nitrogens with zero attached hydrogens (tertiary/aromatic N) is 2. The third kappa shape index (κ3) is 5.31. The number of hydrogen-bond donors (Lipinski definition) is 1. The molecule has 3 rings (SSSR count). The highest BCUT2D eigenvalue weighted by molar-refractivity contribution is 5.86. The van der Waals surface area contributed by atoms with Crippen LogP contribution in [0.3, 0.4) is 0 Å². The fourth-order valence-corrected chi connectivity index (χ4v) is 3.65. The molecule has 2 atom stereocenters. The molecule has 0 spiro atoms. The van der Waals surface area contributed by atoms with Crippen molar-refractivity contribution in [2.75, 3.05) is 19.5 Å². The van der Waals surface area contributed by atoms with Gasteiger partial charge in [-0.05, 0) is 44.7 Å². The normalized spacial score (nSPS) is 17.6. The predicted molar refractivity (Wildman–Crippen MR) is 116 cm³/mol. The van der Waals surface area contributed by atoms with Gasteiger partial charge in [0.2, 0.25) is 0 Å². The van der Waals surface area contributed by atoms with Gasteiger partial charge in [-0.15, -0.1) is 0 Å². The topological polar surface area (TPSA) is 79.0 Å². The Morgan fingerprint density at radius 1 is 1.35 bits per heavy atom. The van der Waals surface area contributed by atoms with Crippen LogP contribution < -0.4 is 15.2 Å². The molecule has 2 heterocycles. The first kappa shape index (κ1) is 22.9. The maximum Gasteiger partial charge on any atom is 0.180 e. The van der Waals surface area contributed by atoms with Gasteiger partial charge in [0.25, 0.3) is 0 Å². The van der Waals surface area contributed by atoms with Gasteiger partial charge in [-0.25, -0.2) is 8.78 Å². The maximum absolute atomic E-state index is 14.2. The molecule has 2 N–H and O–H groups in total. The summed E-state index contributed by atoms with van der Waals surface area (Å²) in [7, 11) is 1.50. The molecular formula is C23H29F2N3O3. The van der Waals surface area contributed by atoms with Crippen molar-refractivity contribution in [2.24, 2.45) is 4.99 Å². The van der Waals surface area contributed by atoms with E-state index in [9.17, 15) is 8.78 Å². The molecule has 0 radical (unpaired) electrons. The van der Waals surface area contributed by atoms with Crippen LogP contribution >= 0.6 is 0 Å². The van der Waals surface area contributed by atoms with Crippen molar-refractivity contribution in [3.63, 3.8) is 0 Å². The minimum Gasteiger partial charge on any atom is -0.492 e. The summed E-state index contributed by atoms with van der Waals surface area (Å²) in [4.78, 5) is 9.08. The summed E-state index contributed by atoms with van der Waals surface area (Å²) in [5.74, 6) is -0.900. The van der Waals surface area contributed by atoms with E-state index in [0.29, 0.717) is 17.0 Å². The zero-order chi connectivity index (χ0) is 22.4. The standard InChI is InChI=1S/C23H29F2N3O3/c1-4-19(20-7-5-6-10-30-20)28-11-15-14(2)27-12-21(23(15)29-3)31-13-16-17(24)8-9-18(26)22(16)25/h8-9,11-12,19-20H,4-7,10,13,26H2,1-3H3. The number of anilines is 1. The van der Waals surface area contributed by atoms with Crippen molar-refractivity contribution < 1.29 is 23.0 Å². The first-order valence-corrected chi connectivity index (χ1v) is 10.5. The van der Waals surface area contributed by atoms with Crippen molar-refractivity contribution in [2.45, 2.75) is 58.3 Å². The summed E-state index contributed by atoms with van der Waals surface area (Å²) in [5, 5.41) is 0. The minimum atomic E-state index is -0.834. The Hall–Kier alpha value is -2.74. The second-order valence-electron chi connectivity index (χ2n) is 7.53. The highest BCUT2D eigenvalue weighted by Crippen LogP contribution is 2.32. The predicted octanol–water partition coefficient (Wildman–Crippen LogP) is 4.60. The fraction of sp³-hybridized carbons (Fsp3) is 0.478. The van der Waals surface area contributed by atoms with E-state index in [0.717, 1.165) is 38.4 Å². The molecule has 0 amide bonds. The van der Waals surface area contributed by atoms with Gasteiger partial charge in [0, 0.05) is 12.8 Å². The number of pyridine rings is 1. The second-order valence-corrected chi connectivity index (χ2v) is 7.53. The molecule has 1 aromatic heterocycles. The number of nitrogen functional groups attached to an aromatic ring is 1. The van der Waals surface area contributed by atoms with Crippen molar-refractivity contribution in [1.82, 2.24) is 4.98 Å². The lowest BCUT2D eigenvalue weighted by Crippen LogP contribution is -2.30. The summed E-state index contributed by atoms with van der Waals surface area (Å²) in [5.41, 5.74) is 6.50. The van der Waals surface area contributed by atoms with Gasteiger partial charge < -0.3 is 19.9 Å². The average molecular weight is 433 g/mol. The van der Waals surface area contributed by atoms with Crippen molar-refractivity contribution in [1.29, 1.82) is 0 Å². The quantitative estimate of drug-likeness (QED) is 0.486. The molecule has 1 fully saturated rings. The molecule has 168 valence electrons. The Morgan fingerprint density at radius 3 is 2.84 bits per heavy atom. The molecule has 2 unspecified atom stereocenters. The molecular weight excluding hydrogens is 404 g/mol. The third-order valence-corrected chi connectivity index (χ3v) is 5.48. The average Bonchev–Trinajstić information content (AvgIpc) is 2.79. The minimum absolute atomic E-state index is 0.0319. The van der Waals surface area contributed by atoms with Crippen LogP contribution in [0.15, 0.2) is 23.3 Å². The van der Waals surface area contributed by atoms with E-state index < -0.39 is 11.6 Å². The number of benzene rings is 1. The number of aliphatic imine (C=N–C) groups is 1. The number of hydrogen-bond acceptors (Lipinski definition) is 6. The second kappa shape index (κ2) is 10.5. The maximum atomic E-state index is 14.2. The van der Waals surface area contributed by atoms with Crippen LogP contribution in [0.1, 0.15) is 49.4 Å². The summed E-state index contributed by atoms with van der Waals surface area (Å²) in [6.45, 7) is 4.33. The number of aryl methyl sites for hydroxylation is 1. The Labute approximate surface area is 181 Å². The van der Waals surface area contributed by atoms with E-state index >= 15 is 0 Å². The van der Waals surface area contributed by atoms with E-state index in [1.165, 1.54) is 19.4 Å². The molecule has 0 bridgehead atoms. The van der Waals surface area contributed by atoms with Crippen LogP contribution in [0.4, 0.5) is 14.5 Å². The smallest absolute Gasteiger partial charge is 0.180 e. The van der Waals surface area contributed by atoms with E-state index in [1.54, 1.807) is 6.21 Å². The first-order chi connectivity index (χ1) is 15.0. The Bertz CT molecular complexity index is 931. The zero-order valence-electron chi connectivity index (χ0n) is 18.2. The monoisotopic (exact) mass is 433 g/mol. The highest BCUT2D eigenvalue weighted by Gasteiger charge is 2.23. The summed E-state index contributed by atoms with van der Waals surface area (Å²) < 4.78 is 45.3. The molecule has 0 saturated carbocycles. The lowest BCUT2D eigenvalue weighted by atomic mass is 10.0. The number of rotatable bonds is 8. The summed E-state index contributed by atoms with van der Waals surface area (Å²) in [6.07, 6.45) is 7.35. The molecule has 8 heteroatoms. The van der Waals surface area contributed by atoms with Crippen molar-refractivity contribution in [3.05, 3.63) is 46.8 Å². The first-order valence-electron chi connectivity index (χ1n) is 10.5. The lowest BCUT2D eigenvalue weighted by Gasteiger charge is -2.27. The van der Waals surface area contributed by atoms with E-state index in [-0.39, 0.29) is 35.8 Å². The van der Waals surface area contributed by atoms with Crippen LogP contribution in [-0.2, 0) is 11.3 Å². The Kier molecular flexibility index (Phi) is 7.79. The van der Waals surface area contributed by atoms with Gasteiger partial charge in [-0.1, -0.05) is 6.92 Å². The summed E-state index contributed by atoms with van der Waals surface area (Å²) in [6, 6.07) is 2.32. The lowest BCUT2D eigenvalue weighted by molar-refractivity contribution is 0.000546. The molecule has 6 nitrogen and oxygen atoms in total. The summed E-state index contributed by atoms with van der Waals surface area (Å²) >= 11 is 0. The molecule has 1 aliphatic heterocycles. The van der Waals surface area contributed by atoms with Gasteiger partial charge in [0.1, 0.15) is 12.4 Å². The van der Waals surface area contributed by atoms with Crippen molar-refractivity contribution in [3.8, 4) is 11.5 Å².